The summed E-state index contributed by atoms with van der Waals surface area (Å²) in [4.78, 5) is 47.5. The molecule has 2 amide bonds. The largest absolute Gasteiger partial charge is 0.497 e. The molecule has 0 saturated carbocycles. The predicted molar refractivity (Wildman–Crippen MR) is 172 cm³/mol. The SMILES string of the molecule is COc1cccc(CCCN(CCCc2cccnc2)C(=O)OCC2CCCN2C(=O)C(=O)c2cc(OC)c(OC)c(OC)c2)c1. The third-order valence-electron chi connectivity index (χ3n) is 8.06. The quantitative estimate of drug-likeness (QED) is 0.159. The van der Waals surface area contributed by atoms with Crippen molar-refractivity contribution in [2.75, 3.05) is 54.7 Å². The zero-order valence-electron chi connectivity index (χ0n) is 27.0. The van der Waals surface area contributed by atoms with E-state index in [0.29, 0.717) is 38.2 Å². The van der Waals surface area contributed by atoms with Gasteiger partial charge in [0, 0.05) is 37.6 Å². The summed E-state index contributed by atoms with van der Waals surface area (Å²) in [5, 5.41) is 0. The van der Waals surface area contributed by atoms with Gasteiger partial charge in [0.1, 0.15) is 12.4 Å². The van der Waals surface area contributed by atoms with Crippen molar-refractivity contribution in [2.24, 2.45) is 0 Å². The minimum Gasteiger partial charge on any atom is -0.497 e. The summed E-state index contributed by atoms with van der Waals surface area (Å²) in [6, 6.07) is 14.3. The summed E-state index contributed by atoms with van der Waals surface area (Å²) in [5.41, 5.74) is 2.35. The molecule has 1 aliphatic heterocycles. The van der Waals surface area contributed by atoms with Crippen molar-refractivity contribution in [3.8, 4) is 23.0 Å². The van der Waals surface area contributed by atoms with Crippen molar-refractivity contribution < 1.29 is 38.1 Å². The maximum absolute atomic E-state index is 13.4. The van der Waals surface area contributed by atoms with Crippen molar-refractivity contribution in [1.82, 2.24) is 14.8 Å². The smallest absolute Gasteiger partial charge is 0.409 e. The van der Waals surface area contributed by atoms with Crippen LogP contribution in [0.2, 0.25) is 0 Å². The van der Waals surface area contributed by atoms with Gasteiger partial charge in [-0.15, -0.1) is 0 Å². The van der Waals surface area contributed by atoms with Crippen LogP contribution in [0.15, 0.2) is 60.9 Å². The number of rotatable bonds is 16. The molecule has 0 spiro atoms. The number of Topliss-reactive ketones (excluding diaryl/α,β-unsaturated/α-hetero) is 1. The second-order valence-electron chi connectivity index (χ2n) is 11.0. The number of amides is 2. The van der Waals surface area contributed by atoms with E-state index in [-0.39, 0.29) is 23.7 Å². The highest BCUT2D eigenvalue weighted by Gasteiger charge is 2.35. The maximum Gasteiger partial charge on any atom is 0.409 e. The lowest BCUT2D eigenvalue weighted by Gasteiger charge is -2.27. The van der Waals surface area contributed by atoms with Gasteiger partial charge >= 0.3 is 6.09 Å². The normalized spacial score (nSPS) is 14.0. The van der Waals surface area contributed by atoms with E-state index in [9.17, 15) is 14.4 Å². The number of ether oxygens (including phenoxy) is 5. The molecule has 11 heteroatoms. The van der Waals surface area contributed by atoms with Crippen LogP contribution < -0.4 is 18.9 Å². The molecule has 1 atom stereocenters. The molecule has 0 bridgehead atoms. The minimum absolute atomic E-state index is 0.00208. The summed E-state index contributed by atoms with van der Waals surface area (Å²) in [6.45, 7) is 1.42. The van der Waals surface area contributed by atoms with Crippen molar-refractivity contribution in [1.29, 1.82) is 0 Å². The molecule has 1 unspecified atom stereocenters. The molecule has 46 heavy (non-hydrogen) atoms. The number of nitrogens with zero attached hydrogens (tertiary/aromatic N) is 3. The third kappa shape index (κ3) is 8.89. The van der Waals surface area contributed by atoms with Crippen molar-refractivity contribution in [3.63, 3.8) is 0 Å². The lowest BCUT2D eigenvalue weighted by atomic mass is 10.1. The van der Waals surface area contributed by atoms with Crippen LogP contribution in [-0.4, -0.2) is 93.3 Å². The first-order valence-electron chi connectivity index (χ1n) is 15.5. The Morgan fingerprint density at radius 2 is 1.57 bits per heavy atom. The number of aromatic nitrogens is 1. The fraction of sp³-hybridized carbons (Fsp3) is 0.429. The summed E-state index contributed by atoms with van der Waals surface area (Å²) >= 11 is 0. The third-order valence-corrected chi connectivity index (χ3v) is 8.06. The number of carbonyl (C=O) groups is 3. The van der Waals surface area contributed by atoms with Gasteiger partial charge in [0.25, 0.3) is 11.7 Å². The highest BCUT2D eigenvalue weighted by Crippen LogP contribution is 2.38. The number of pyridine rings is 1. The molecule has 11 nitrogen and oxygen atoms in total. The van der Waals surface area contributed by atoms with E-state index in [1.54, 1.807) is 18.2 Å². The number of hydrogen-bond acceptors (Lipinski definition) is 9. The van der Waals surface area contributed by atoms with E-state index in [4.69, 9.17) is 23.7 Å². The van der Waals surface area contributed by atoms with E-state index in [1.165, 1.54) is 38.4 Å². The first-order chi connectivity index (χ1) is 22.4. The number of aryl methyl sites for hydroxylation is 2. The average molecular weight is 634 g/mol. The highest BCUT2D eigenvalue weighted by atomic mass is 16.6. The molecule has 1 saturated heterocycles. The van der Waals surface area contributed by atoms with Gasteiger partial charge in [-0.25, -0.2) is 4.79 Å². The first kappa shape index (κ1) is 34.1. The maximum atomic E-state index is 13.4. The van der Waals surface area contributed by atoms with Crippen molar-refractivity contribution in [3.05, 3.63) is 77.6 Å². The van der Waals surface area contributed by atoms with E-state index in [2.05, 4.69) is 4.98 Å². The van der Waals surface area contributed by atoms with Crippen LogP contribution in [0.3, 0.4) is 0 Å². The molecule has 2 heterocycles. The summed E-state index contributed by atoms with van der Waals surface area (Å²) in [7, 11) is 5.99. The Hall–Kier alpha value is -4.80. The number of carbonyl (C=O) groups excluding carboxylic acids is 3. The summed E-state index contributed by atoms with van der Waals surface area (Å²) in [6.07, 6.45) is 7.50. The fourth-order valence-electron chi connectivity index (χ4n) is 5.62. The van der Waals surface area contributed by atoms with Gasteiger partial charge in [-0.1, -0.05) is 18.2 Å². The van der Waals surface area contributed by atoms with Gasteiger partial charge in [0.15, 0.2) is 11.5 Å². The van der Waals surface area contributed by atoms with Gasteiger partial charge in [0.2, 0.25) is 5.75 Å². The molecular formula is C35H43N3O8. The molecule has 0 N–H and O–H groups in total. The lowest BCUT2D eigenvalue weighted by Crippen LogP contribution is -2.43. The Kier molecular flexibility index (Phi) is 12.6. The molecule has 0 radical (unpaired) electrons. The highest BCUT2D eigenvalue weighted by molar-refractivity contribution is 6.43. The Balaban J connectivity index is 1.38. The fourth-order valence-corrected chi connectivity index (χ4v) is 5.62. The second-order valence-corrected chi connectivity index (χ2v) is 11.0. The molecule has 2 aromatic carbocycles. The molecule has 1 aliphatic rings. The van der Waals surface area contributed by atoms with Crippen LogP contribution in [0.4, 0.5) is 4.79 Å². The number of methoxy groups -OCH3 is 4. The Labute approximate surface area is 270 Å². The van der Waals surface area contributed by atoms with E-state index >= 15 is 0 Å². The zero-order valence-corrected chi connectivity index (χ0v) is 27.0. The van der Waals surface area contributed by atoms with E-state index < -0.39 is 23.8 Å². The molecule has 4 rings (SSSR count). The topological polar surface area (TPSA) is 117 Å². The monoisotopic (exact) mass is 633 g/mol. The van der Waals surface area contributed by atoms with Crippen molar-refractivity contribution in [2.45, 2.75) is 44.6 Å². The summed E-state index contributed by atoms with van der Waals surface area (Å²) < 4.78 is 27.2. The number of benzene rings is 2. The van der Waals surface area contributed by atoms with Crippen LogP contribution in [0, 0.1) is 0 Å². The van der Waals surface area contributed by atoms with Crippen LogP contribution in [0.5, 0.6) is 23.0 Å². The summed E-state index contributed by atoms with van der Waals surface area (Å²) in [5.74, 6) is 0.310. The second kappa shape index (κ2) is 17.0. The van der Waals surface area contributed by atoms with Crippen LogP contribution >= 0.6 is 0 Å². The first-order valence-corrected chi connectivity index (χ1v) is 15.5. The number of hydrogen-bond donors (Lipinski definition) is 0. The lowest BCUT2D eigenvalue weighted by molar-refractivity contribution is -0.128. The zero-order chi connectivity index (χ0) is 32.9. The van der Waals surface area contributed by atoms with E-state index in [0.717, 1.165) is 42.6 Å². The number of likely N-dealkylation sites (tertiary alicyclic amines) is 1. The average Bonchev–Trinajstić information content (AvgIpc) is 3.57. The molecule has 1 aromatic heterocycles. The Bertz CT molecular complexity index is 1440. The molecule has 0 aliphatic carbocycles. The van der Waals surface area contributed by atoms with Crippen LogP contribution in [-0.2, 0) is 22.4 Å². The van der Waals surface area contributed by atoms with E-state index in [1.807, 2.05) is 42.6 Å². The standard InChI is InChI=1S/C35H43N3O8/c1-42-29-15-5-10-25(20-29)12-7-17-37(18-8-13-26-11-6-16-36-23-26)35(41)46-24-28-14-9-19-38(28)34(40)32(39)27-21-30(43-2)33(45-4)31(22-27)44-3/h5-6,10-11,15-16,20-23,28H,7-9,12-14,17-19,24H2,1-4H3. The van der Waals surface area contributed by atoms with Gasteiger partial charge in [-0.3, -0.25) is 14.6 Å². The van der Waals surface area contributed by atoms with Gasteiger partial charge < -0.3 is 33.5 Å². The van der Waals surface area contributed by atoms with Crippen LogP contribution in [0.25, 0.3) is 0 Å². The predicted octanol–water partition coefficient (Wildman–Crippen LogP) is 4.99. The van der Waals surface area contributed by atoms with Gasteiger partial charge in [-0.05, 0) is 80.0 Å². The van der Waals surface area contributed by atoms with Gasteiger partial charge in [0.05, 0.1) is 34.5 Å². The molecule has 1 fully saturated rings. The molecule has 246 valence electrons. The number of ketones is 1. The molecule has 3 aromatic rings. The van der Waals surface area contributed by atoms with Gasteiger partial charge in [-0.2, -0.15) is 0 Å². The Morgan fingerprint density at radius 1 is 0.870 bits per heavy atom. The minimum atomic E-state index is -0.702. The Morgan fingerprint density at radius 3 is 2.20 bits per heavy atom. The van der Waals surface area contributed by atoms with Crippen molar-refractivity contribution >= 4 is 17.8 Å². The molecular weight excluding hydrogens is 590 g/mol. The van der Waals surface area contributed by atoms with Crippen LogP contribution in [0.1, 0.15) is 47.2 Å².